The fourth-order valence-electron chi connectivity index (χ4n) is 1.58. The zero-order chi connectivity index (χ0) is 16.4. The number of halogens is 2. The van der Waals surface area contributed by atoms with Crippen molar-refractivity contribution in [1.82, 2.24) is 5.32 Å². The SMILES string of the molecule is CC(C)NC(=O)CS(=O)(=O)c1ccc(Cl)c(C(=O)O)c1Cl. The summed E-state index contributed by atoms with van der Waals surface area (Å²) in [5.41, 5.74) is -0.510. The predicted octanol–water partition coefficient (Wildman–Crippen LogP) is 1.99. The predicted molar refractivity (Wildman–Crippen MR) is 78.8 cm³/mol. The van der Waals surface area contributed by atoms with Crippen molar-refractivity contribution in [2.24, 2.45) is 0 Å². The van der Waals surface area contributed by atoms with Crippen molar-refractivity contribution in [3.05, 3.63) is 27.7 Å². The summed E-state index contributed by atoms with van der Waals surface area (Å²) in [5.74, 6) is -2.98. The number of sulfone groups is 1. The number of hydrogen-bond acceptors (Lipinski definition) is 4. The first kappa shape index (κ1) is 17.7. The van der Waals surface area contributed by atoms with Gasteiger partial charge in [0.2, 0.25) is 5.91 Å². The molecular weight excluding hydrogens is 341 g/mol. The molecular formula is C12H13Cl2NO5S. The van der Waals surface area contributed by atoms with E-state index < -0.39 is 42.9 Å². The van der Waals surface area contributed by atoms with Gasteiger partial charge in [-0.25, -0.2) is 13.2 Å². The highest BCUT2D eigenvalue weighted by Gasteiger charge is 2.27. The van der Waals surface area contributed by atoms with Crippen LogP contribution in [0.1, 0.15) is 24.2 Å². The summed E-state index contributed by atoms with van der Waals surface area (Å²) in [4.78, 5) is 22.2. The van der Waals surface area contributed by atoms with E-state index in [4.69, 9.17) is 28.3 Å². The lowest BCUT2D eigenvalue weighted by Crippen LogP contribution is -2.35. The van der Waals surface area contributed by atoms with E-state index in [0.717, 1.165) is 12.1 Å². The molecule has 6 nitrogen and oxygen atoms in total. The first-order chi connectivity index (χ1) is 9.56. The molecule has 0 aliphatic rings. The third-order valence-electron chi connectivity index (χ3n) is 2.38. The number of benzene rings is 1. The molecule has 0 aromatic heterocycles. The highest BCUT2D eigenvalue weighted by atomic mass is 35.5. The molecule has 1 aromatic carbocycles. The molecule has 0 atom stereocenters. The van der Waals surface area contributed by atoms with Gasteiger partial charge in [0.1, 0.15) is 5.75 Å². The van der Waals surface area contributed by atoms with Crippen molar-refractivity contribution in [3.8, 4) is 0 Å². The largest absolute Gasteiger partial charge is 0.478 e. The summed E-state index contributed by atoms with van der Waals surface area (Å²) in [7, 11) is -4.07. The van der Waals surface area contributed by atoms with Gasteiger partial charge in [0.05, 0.1) is 20.5 Å². The van der Waals surface area contributed by atoms with Crippen molar-refractivity contribution in [2.75, 3.05) is 5.75 Å². The Balaban J connectivity index is 3.24. The number of carboxylic acid groups (broad SMARTS) is 1. The summed E-state index contributed by atoms with van der Waals surface area (Å²) in [6.45, 7) is 3.37. The van der Waals surface area contributed by atoms with Gasteiger partial charge < -0.3 is 10.4 Å². The molecule has 21 heavy (non-hydrogen) atoms. The Morgan fingerprint density at radius 2 is 1.86 bits per heavy atom. The van der Waals surface area contributed by atoms with Crippen LogP contribution in [0.15, 0.2) is 17.0 Å². The summed E-state index contributed by atoms with van der Waals surface area (Å²) >= 11 is 11.5. The molecule has 0 spiro atoms. The lowest BCUT2D eigenvalue weighted by atomic mass is 10.2. The van der Waals surface area contributed by atoms with E-state index in [1.165, 1.54) is 0 Å². The van der Waals surface area contributed by atoms with E-state index in [2.05, 4.69) is 5.32 Å². The second kappa shape index (κ2) is 6.64. The van der Waals surface area contributed by atoms with Gasteiger partial charge in [0, 0.05) is 6.04 Å². The smallest absolute Gasteiger partial charge is 0.338 e. The maximum atomic E-state index is 12.1. The van der Waals surface area contributed by atoms with Gasteiger partial charge in [-0.15, -0.1) is 0 Å². The topological polar surface area (TPSA) is 101 Å². The van der Waals surface area contributed by atoms with E-state index in [1.807, 2.05) is 0 Å². The van der Waals surface area contributed by atoms with Crippen LogP contribution < -0.4 is 5.32 Å². The highest BCUT2D eigenvalue weighted by molar-refractivity contribution is 7.92. The van der Waals surface area contributed by atoms with Gasteiger partial charge in [-0.3, -0.25) is 4.79 Å². The molecule has 2 N–H and O–H groups in total. The summed E-state index contributed by atoms with van der Waals surface area (Å²) < 4.78 is 24.3. The van der Waals surface area contributed by atoms with Gasteiger partial charge in [0.15, 0.2) is 9.84 Å². The van der Waals surface area contributed by atoms with Crippen molar-refractivity contribution < 1.29 is 23.1 Å². The van der Waals surface area contributed by atoms with Crippen LogP contribution in [0, 0.1) is 0 Å². The number of carbonyl (C=O) groups is 2. The number of hydrogen-bond donors (Lipinski definition) is 2. The molecule has 1 amide bonds. The average molecular weight is 354 g/mol. The van der Waals surface area contributed by atoms with Crippen LogP contribution in [-0.4, -0.2) is 37.2 Å². The summed E-state index contributed by atoms with van der Waals surface area (Å²) in [5, 5.41) is 10.7. The quantitative estimate of drug-likeness (QED) is 0.842. The van der Waals surface area contributed by atoms with Crippen molar-refractivity contribution >= 4 is 44.9 Å². The van der Waals surface area contributed by atoms with Gasteiger partial charge in [-0.1, -0.05) is 23.2 Å². The number of nitrogens with one attached hydrogen (secondary N) is 1. The number of aromatic carboxylic acids is 1. The molecule has 9 heteroatoms. The van der Waals surface area contributed by atoms with Crippen LogP contribution in [0.4, 0.5) is 0 Å². The second-order valence-corrected chi connectivity index (χ2v) is 7.26. The molecule has 1 rings (SSSR count). The number of carbonyl (C=O) groups excluding carboxylic acids is 1. The van der Waals surface area contributed by atoms with Gasteiger partial charge in [-0.2, -0.15) is 0 Å². The van der Waals surface area contributed by atoms with Crippen molar-refractivity contribution in [3.63, 3.8) is 0 Å². The zero-order valence-electron chi connectivity index (χ0n) is 11.2. The average Bonchev–Trinajstić information content (AvgIpc) is 2.25. The molecule has 0 heterocycles. The van der Waals surface area contributed by atoms with Gasteiger partial charge in [-0.05, 0) is 26.0 Å². The fourth-order valence-corrected chi connectivity index (χ4v) is 3.70. The third-order valence-corrected chi connectivity index (χ3v) is 4.85. The number of amides is 1. The van der Waals surface area contributed by atoms with E-state index >= 15 is 0 Å². The van der Waals surface area contributed by atoms with E-state index in [9.17, 15) is 18.0 Å². The second-order valence-electron chi connectivity index (χ2n) is 4.52. The van der Waals surface area contributed by atoms with E-state index in [0.29, 0.717) is 0 Å². The Morgan fingerprint density at radius 3 is 2.33 bits per heavy atom. The molecule has 116 valence electrons. The van der Waals surface area contributed by atoms with Crippen LogP contribution >= 0.6 is 23.2 Å². The van der Waals surface area contributed by atoms with Gasteiger partial charge in [0.25, 0.3) is 0 Å². The Hall–Kier alpha value is -1.31. The summed E-state index contributed by atoms with van der Waals surface area (Å²) in [6, 6.07) is 1.97. The van der Waals surface area contributed by atoms with Gasteiger partial charge >= 0.3 is 5.97 Å². The monoisotopic (exact) mass is 353 g/mol. The van der Waals surface area contributed by atoms with Crippen LogP contribution in [0.25, 0.3) is 0 Å². The maximum Gasteiger partial charge on any atom is 0.338 e. The molecule has 0 unspecified atom stereocenters. The van der Waals surface area contributed by atoms with Crippen molar-refractivity contribution in [2.45, 2.75) is 24.8 Å². The Labute approximate surface area is 132 Å². The van der Waals surface area contributed by atoms with Crippen molar-refractivity contribution in [1.29, 1.82) is 0 Å². The molecule has 0 aliphatic heterocycles. The minimum atomic E-state index is -4.07. The Bertz CT molecular complexity index is 685. The van der Waals surface area contributed by atoms with Crippen LogP contribution in [0.2, 0.25) is 10.0 Å². The molecule has 0 fully saturated rings. The fraction of sp³-hybridized carbons (Fsp3) is 0.333. The number of rotatable bonds is 5. The Kier molecular flexibility index (Phi) is 5.61. The van der Waals surface area contributed by atoms with E-state index in [-0.39, 0.29) is 11.1 Å². The minimum Gasteiger partial charge on any atom is -0.478 e. The minimum absolute atomic E-state index is 0.182. The third kappa shape index (κ3) is 4.33. The lowest BCUT2D eigenvalue weighted by Gasteiger charge is -2.11. The van der Waals surface area contributed by atoms with E-state index in [1.54, 1.807) is 13.8 Å². The maximum absolute atomic E-state index is 12.1. The first-order valence-corrected chi connectivity index (χ1v) is 8.20. The lowest BCUT2D eigenvalue weighted by molar-refractivity contribution is -0.119. The zero-order valence-corrected chi connectivity index (χ0v) is 13.5. The van der Waals surface area contributed by atoms with Crippen LogP contribution in [0.5, 0.6) is 0 Å². The normalized spacial score (nSPS) is 11.5. The standard InChI is InChI=1S/C12H13Cl2NO5S/c1-6(2)15-9(16)5-21(19,20)8-4-3-7(13)10(11(8)14)12(17)18/h3-4,6H,5H2,1-2H3,(H,15,16)(H,17,18). The first-order valence-electron chi connectivity index (χ1n) is 5.79. The molecule has 0 saturated heterocycles. The molecule has 0 radical (unpaired) electrons. The molecule has 0 bridgehead atoms. The molecule has 0 aliphatic carbocycles. The van der Waals surface area contributed by atoms with Crippen LogP contribution in [0.3, 0.4) is 0 Å². The summed E-state index contributed by atoms with van der Waals surface area (Å²) in [6.07, 6.45) is 0. The molecule has 0 saturated carbocycles. The van der Waals surface area contributed by atoms with Crippen LogP contribution in [-0.2, 0) is 14.6 Å². The Morgan fingerprint density at radius 1 is 1.29 bits per heavy atom. The highest BCUT2D eigenvalue weighted by Crippen LogP contribution is 2.31. The molecule has 1 aromatic rings. The number of carboxylic acids is 1.